The van der Waals surface area contributed by atoms with E-state index >= 15 is 0 Å². The van der Waals surface area contributed by atoms with E-state index in [9.17, 15) is 0 Å². The minimum Gasteiger partial charge on any atom is -0.497 e. The Hall–Kier alpha value is -0.970. The third kappa shape index (κ3) is 3.89. The summed E-state index contributed by atoms with van der Waals surface area (Å²) in [5, 5.41) is 8.81. The molecule has 16 heavy (non-hydrogen) atoms. The largest absolute Gasteiger partial charge is 0.497 e. The highest BCUT2D eigenvalue weighted by Crippen LogP contribution is 2.26. The van der Waals surface area contributed by atoms with Crippen LogP contribution in [0.25, 0.3) is 0 Å². The first-order valence-electron chi connectivity index (χ1n) is 4.80. The normalized spacial score (nSPS) is 11.5. The van der Waals surface area contributed by atoms with Gasteiger partial charge in [0.25, 0.3) is 0 Å². The Morgan fingerprint density at radius 1 is 1.19 bits per heavy atom. The lowest BCUT2D eigenvalue weighted by atomic mass is 10.0. The van der Waals surface area contributed by atoms with E-state index < -0.39 is 0 Å². The van der Waals surface area contributed by atoms with Crippen LogP contribution in [0, 0.1) is 0 Å². The molecule has 1 aromatic carbocycles. The Morgan fingerprint density at radius 3 is 2.06 bits per heavy atom. The number of benzene rings is 1. The fraction of sp³-hybridized carbons (Fsp3) is 0.455. The first kappa shape index (κ1) is 15.0. The molecule has 0 aromatic heterocycles. The van der Waals surface area contributed by atoms with Crippen LogP contribution in [0.5, 0.6) is 11.5 Å². The van der Waals surface area contributed by atoms with Gasteiger partial charge in [0.05, 0.1) is 14.2 Å². The van der Waals surface area contributed by atoms with Crippen LogP contribution in [0.1, 0.15) is 18.0 Å². The van der Waals surface area contributed by atoms with E-state index in [4.69, 9.17) is 20.3 Å². The van der Waals surface area contributed by atoms with Gasteiger partial charge in [-0.05, 0) is 24.1 Å². The van der Waals surface area contributed by atoms with E-state index in [2.05, 4.69) is 0 Å². The van der Waals surface area contributed by atoms with Crippen molar-refractivity contribution in [2.45, 2.75) is 12.5 Å². The fourth-order valence-electron chi connectivity index (χ4n) is 1.35. The van der Waals surface area contributed by atoms with Crippen molar-refractivity contribution >= 4 is 12.4 Å². The van der Waals surface area contributed by atoms with Gasteiger partial charge in [0.2, 0.25) is 0 Å². The lowest BCUT2D eigenvalue weighted by Gasteiger charge is -2.13. The predicted molar refractivity (Wildman–Crippen MR) is 65.4 cm³/mol. The second-order valence-corrected chi connectivity index (χ2v) is 3.26. The Balaban J connectivity index is 0.00000225. The Morgan fingerprint density at radius 2 is 1.69 bits per heavy atom. The minimum atomic E-state index is -0.195. The van der Waals surface area contributed by atoms with Crippen LogP contribution < -0.4 is 15.2 Å². The lowest BCUT2D eigenvalue weighted by Crippen LogP contribution is -2.12. The zero-order valence-corrected chi connectivity index (χ0v) is 10.3. The van der Waals surface area contributed by atoms with Gasteiger partial charge in [0, 0.05) is 18.7 Å². The van der Waals surface area contributed by atoms with Crippen molar-refractivity contribution in [3.63, 3.8) is 0 Å². The molecule has 5 heteroatoms. The summed E-state index contributed by atoms with van der Waals surface area (Å²) in [5.74, 6) is 1.41. The van der Waals surface area contributed by atoms with Crippen LogP contribution in [0.3, 0.4) is 0 Å². The number of hydrogen-bond donors (Lipinski definition) is 2. The van der Waals surface area contributed by atoms with Crippen LogP contribution in [0.4, 0.5) is 0 Å². The van der Waals surface area contributed by atoms with E-state index in [1.165, 1.54) is 0 Å². The molecule has 0 heterocycles. The van der Waals surface area contributed by atoms with Gasteiger partial charge in [-0.1, -0.05) is 0 Å². The van der Waals surface area contributed by atoms with Crippen LogP contribution in [0.15, 0.2) is 18.2 Å². The van der Waals surface area contributed by atoms with Gasteiger partial charge in [0.15, 0.2) is 0 Å². The average Bonchev–Trinajstić information content (AvgIpc) is 2.28. The third-order valence-corrected chi connectivity index (χ3v) is 2.24. The Kier molecular flexibility index (Phi) is 6.88. The van der Waals surface area contributed by atoms with Crippen molar-refractivity contribution in [3.8, 4) is 11.5 Å². The molecule has 1 atom stereocenters. The van der Waals surface area contributed by atoms with Gasteiger partial charge in [-0.25, -0.2) is 0 Å². The van der Waals surface area contributed by atoms with Crippen LogP contribution in [0.2, 0.25) is 0 Å². The maximum atomic E-state index is 8.81. The third-order valence-electron chi connectivity index (χ3n) is 2.24. The van der Waals surface area contributed by atoms with E-state index in [-0.39, 0.29) is 25.1 Å². The zero-order chi connectivity index (χ0) is 11.3. The highest BCUT2D eigenvalue weighted by molar-refractivity contribution is 5.85. The molecule has 0 aliphatic carbocycles. The van der Waals surface area contributed by atoms with Crippen LogP contribution >= 0.6 is 12.4 Å². The molecule has 0 fully saturated rings. The maximum Gasteiger partial charge on any atom is 0.122 e. The molecular formula is C11H18ClNO3. The number of halogens is 1. The summed E-state index contributed by atoms with van der Waals surface area (Å²) in [6.07, 6.45) is 0.524. The Bertz CT molecular complexity index is 298. The van der Waals surface area contributed by atoms with Gasteiger partial charge in [0.1, 0.15) is 11.5 Å². The van der Waals surface area contributed by atoms with E-state index in [1.807, 2.05) is 12.1 Å². The molecule has 92 valence electrons. The Labute approximate surface area is 102 Å². The standard InChI is InChI=1S/C11H17NO3.ClH/c1-14-9-5-8(11(12)3-4-13)6-10(7-9)15-2;/h5-7,11,13H,3-4,12H2,1-2H3;1H/t11-;/m0./s1. The van der Waals surface area contributed by atoms with Crippen molar-refractivity contribution in [2.24, 2.45) is 5.73 Å². The highest BCUT2D eigenvalue weighted by atomic mass is 35.5. The maximum absolute atomic E-state index is 8.81. The lowest BCUT2D eigenvalue weighted by molar-refractivity contribution is 0.276. The molecule has 0 bridgehead atoms. The smallest absolute Gasteiger partial charge is 0.122 e. The van der Waals surface area contributed by atoms with E-state index in [0.29, 0.717) is 17.9 Å². The fourth-order valence-corrected chi connectivity index (χ4v) is 1.35. The molecule has 0 aliphatic rings. The van der Waals surface area contributed by atoms with Crippen LogP contribution in [-0.2, 0) is 0 Å². The highest BCUT2D eigenvalue weighted by Gasteiger charge is 2.08. The summed E-state index contributed by atoms with van der Waals surface area (Å²) in [5.41, 5.74) is 6.78. The van der Waals surface area contributed by atoms with Crippen molar-refractivity contribution in [3.05, 3.63) is 23.8 Å². The van der Waals surface area contributed by atoms with Gasteiger partial charge < -0.3 is 20.3 Å². The second kappa shape index (κ2) is 7.33. The SMILES string of the molecule is COc1cc(OC)cc([C@@H](N)CCO)c1.Cl. The van der Waals surface area contributed by atoms with Gasteiger partial charge >= 0.3 is 0 Å². The number of nitrogens with two attached hydrogens (primary N) is 1. The summed E-state index contributed by atoms with van der Waals surface area (Å²) >= 11 is 0. The molecule has 0 spiro atoms. The predicted octanol–water partition coefficient (Wildman–Crippen LogP) is 1.51. The molecule has 0 amide bonds. The monoisotopic (exact) mass is 247 g/mol. The average molecular weight is 248 g/mol. The minimum absolute atomic E-state index is 0. The number of ether oxygens (including phenoxy) is 2. The van der Waals surface area contributed by atoms with Crippen molar-refractivity contribution < 1.29 is 14.6 Å². The summed E-state index contributed by atoms with van der Waals surface area (Å²) in [4.78, 5) is 0. The molecule has 0 radical (unpaired) electrons. The number of aliphatic hydroxyl groups is 1. The van der Waals surface area contributed by atoms with Crippen molar-refractivity contribution in [2.75, 3.05) is 20.8 Å². The molecule has 0 aliphatic heterocycles. The van der Waals surface area contributed by atoms with E-state index in [0.717, 1.165) is 5.56 Å². The van der Waals surface area contributed by atoms with E-state index in [1.54, 1.807) is 20.3 Å². The van der Waals surface area contributed by atoms with Gasteiger partial charge in [-0.15, -0.1) is 12.4 Å². The van der Waals surface area contributed by atoms with Crippen LogP contribution in [-0.4, -0.2) is 25.9 Å². The number of methoxy groups -OCH3 is 2. The summed E-state index contributed by atoms with van der Waals surface area (Å²) in [7, 11) is 3.19. The first-order valence-corrected chi connectivity index (χ1v) is 4.80. The van der Waals surface area contributed by atoms with Crippen molar-refractivity contribution in [1.82, 2.24) is 0 Å². The number of hydrogen-bond acceptors (Lipinski definition) is 4. The second-order valence-electron chi connectivity index (χ2n) is 3.26. The molecule has 1 aromatic rings. The van der Waals surface area contributed by atoms with Crippen molar-refractivity contribution in [1.29, 1.82) is 0 Å². The molecule has 0 unspecified atom stereocenters. The quantitative estimate of drug-likeness (QED) is 0.828. The summed E-state index contributed by atoms with van der Waals surface area (Å²) < 4.78 is 10.3. The summed E-state index contributed by atoms with van der Waals surface area (Å²) in [6.45, 7) is 0.0701. The zero-order valence-electron chi connectivity index (χ0n) is 9.47. The number of rotatable bonds is 5. The molecule has 3 N–H and O–H groups in total. The van der Waals surface area contributed by atoms with Gasteiger partial charge in [-0.2, -0.15) is 0 Å². The molecule has 0 saturated carbocycles. The molecule has 0 saturated heterocycles. The molecule has 4 nitrogen and oxygen atoms in total. The molecule has 1 rings (SSSR count). The van der Waals surface area contributed by atoms with Gasteiger partial charge in [-0.3, -0.25) is 0 Å². The molecular weight excluding hydrogens is 230 g/mol. The number of aliphatic hydroxyl groups excluding tert-OH is 1. The summed E-state index contributed by atoms with van der Waals surface area (Å²) in [6, 6.07) is 5.29. The topological polar surface area (TPSA) is 64.7 Å². The first-order chi connectivity index (χ1) is 7.21.